The van der Waals surface area contributed by atoms with E-state index in [1.54, 1.807) is 0 Å². The highest BCUT2D eigenvalue weighted by Gasteiger charge is 2.48. The highest BCUT2D eigenvalue weighted by atomic mass is 16.5. The monoisotopic (exact) mass is 388 g/mol. The van der Waals surface area contributed by atoms with Gasteiger partial charge in [-0.2, -0.15) is 0 Å². The maximum absolute atomic E-state index is 12.8. The van der Waals surface area contributed by atoms with Crippen molar-refractivity contribution in [3.05, 3.63) is 24.3 Å². The second-order valence-electron chi connectivity index (χ2n) is 8.60. The molecule has 5 heteroatoms. The van der Waals surface area contributed by atoms with Crippen LogP contribution in [0.5, 0.6) is 5.75 Å². The first-order valence-corrected chi connectivity index (χ1v) is 10.9. The molecule has 1 N–H and O–H groups in total. The van der Waals surface area contributed by atoms with Gasteiger partial charge < -0.3 is 14.8 Å². The first-order chi connectivity index (χ1) is 13.5. The third-order valence-electron chi connectivity index (χ3n) is 5.94. The van der Waals surface area contributed by atoms with Gasteiger partial charge in [0.25, 0.3) is 5.91 Å². The van der Waals surface area contributed by atoms with Crippen LogP contribution in [0.2, 0.25) is 0 Å². The number of amides is 1. The Morgan fingerprint density at radius 2 is 1.96 bits per heavy atom. The number of nitrogens with zero attached hydrogens (tertiary/aromatic N) is 1. The second-order valence-corrected chi connectivity index (χ2v) is 8.60. The second kappa shape index (κ2) is 9.75. The molecule has 1 aliphatic heterocycles. The van der Waals surface area contributed by atoms with Gasteiger partial charge in [-0.15, -0.1) is 0 Å². The Labute approximate surface area is 169 Å². The number of ether oxygens (including phenoxy) is 2. The van der Waals surface area contributed by atoms with Gasteiger partial charge in [-0.25, -0.2) is 0 Å². The molecule has 2 aliphatic rings. The molecule has 1 saturated heterocycles. The molecule has 156 valence electrons. The van der Waals surface area contributed by atoms with Crippen LogP contribution < -0.4 is 10.1 Å². The molecule has 5 nitrogen and oxygen atoms in total. The van der Waals surface area contributed by atoms with E-state index in [0.29, 0.717) is 19.1 Å². The van der Waals surface area contributed by atoms with Gasteiger partial charge in [0.05, 0.1) is 0 Å². The molecule has 0 aromatic heterocycles. The Kier molecular flexibility index (Phi) is 7.36. The molecule has 1 saturated carbocycles. The summed E-state index contributed by atoms with van der Waals surface area (Å²) < 4.78 is 11.8. The van der Waals surface area contributed by atoms with Gasteiger partial charge in [0, 0.05) is 25.4 Å². The molecule has 2 fully saturated rings. The molecule has 1 aromatic rings. The third kappa shape index (κ3) is 5.71. The van der Waals surface area contributed by atoms with E-state index in [4.69, 9.17) is 9.47 Å². The van der Waals surface area contributed by atoms with Crippen LogP contribution in [0.3, 0.4) is 0 Å². The zero-order valence-corrected chi connectivity index (χ0v) is 17.7. The van der Waals surface area contributed by atoms with Gasteiger partial charge in [0.2, 0.25) is 0 Å². The van der Waals surface area contributed by atoms with Crippen LogP contribution in [-0.4, -0.2) is 49.3 Å². The molecule has 1 aliphatic carbocycles. The minimum atomic E-state index is -0.725. The fraction of sp³-hybridized carbons (Fsp3) is 0.696. The van der Waals surface area contributed by atoms with E-state index < -0.39 is 5.60 Å². The van der Waals surface area contributed by atoms with Crippen molar-refractivity contribution in [2.24, 2.45) is 11.8 Å². The summed E-state index contributed by atoms with van der Waals surface area (Å²) in [4.78, 5) is 15.3. The van der Waals surface area contributed by atoms with E-state index in [-0.39, 0.29) is 5.91 Å². The van der Waals surface area contributed by atoms with E-state index in [0.717, 1.165) is 43.2 Å². The Morgan fingerprint density at radius 1 is 1.21 bits per heavy atom. The predicted octanol–water partition coefficient (Wildman–Crippen LogP) is 4.33. The molecule has 0 radical (unpaired) electrons. The number of carbonyl (C=O) groups excluding carboxylic acids is 1. The first kappa shape index (κ1) is 21.1. The highest BCUT2D eigenvalue weighted by Crippen LogP contribution is 2.42. The summed E-state index contributed by atoms with van der Waals surface area (Å²) in [5.74, 6) is 1.92. The molecular formula is C23H36N2O3. The van der Waals surface area contributed by atoms with Crippen LogP contribution in [0.4, 0.5) is 5.69 Å². The molecule has 2 atom stereocenters. The molecule has 1 aromatic carbocycles. The van der Waals surface area contributed by atoms with E-state index in [9.17, 15) is 4.79 Å². The van der Waals surface area contributed by atoms with Gasteiger partial charge in [0.15, 0.2) is 0 Å². The van der Waals surface area contributed by atoms with Crippen LogP contribution in [0.25, 0.3) is 0 Å². The summed E-state index contributed by atoms with van der Waals surface area (Å²) >= 11 is 0. The maximum atomic E-state index is 12.8. The third-order valence-corrected chi connectivity index (χ3v) is 5.94. The molecule has 1 heterocycles. The van der Waals surface area contributed by atoms with Gasteiger partial charge in [-0.05, 0) is 81.7 Å². The highest BCUT2D eigenvalue weighted by molar-refractivity contribution is 5.97. The van der Waals surface area contributed by atoms with Crippen LogP contribution in [0, 0.1) is 11.8 Å². The van der Waals surface area contributed by atoms with Crippen molar-refractivity contribution in [3.8, 4) is 5.75 Å². The van der Waals surface area contributed by atoms with Crippen LogP contribution >= 0.6 is 0 Å². The zero-order chi connectivity index (χ0) is 20.0. The van der Waals surface area contributed by atoms with E-state index in [2.05, 4.69) is 24.1 Å². The summed E-state index contributed by atoms with van der Waals surface area (Å²) in [5, 5.41) is 3.02. The van der Waals surface area contributed by atoms with Crippen LogP contribution in [0.15, 0.2) is 24.3 Å². The summed E-state index contributed by atoms with van der Waals surface area (Å²) in [6.45, 7) is 10.9. The minimum Gasteiger partial charge on any atom is -0.492 e. The lowest BCUT2D eigenvalue weighted by molar-refractivity contribution is -0.142. The normalized spacial score (nSPS) is 22.5. The van der Waals surface area contributed by atoms with E-state index in [1.165, 1.54) is 25.9 Å². The number of piperidine rings is 1. The number of benzene rings is 1. The van der Waals surface area contributed by atoms with Crippen molar-refractivity contribution in [2.75, 3.05) is 38.2 Å². The fourth-order valence-electron chi connectivity index (χ4n) is 3.99. The Morgan fingerprint density at radius 3 is 2.61 bits per heavy atom. The Hall–Kier alpha value is -1.59. The first-order valence-electron chi connectivity index (χ1n) is 10.9. The van der Waals surface area contributed by atoms with Gasteiger partial charge in [0.1, 0.15) is 18.0 Å². The molecule has 0 spiro atoms. The summed E-state index contributed by atoms with van der Waals surface area (Å²) in [6, 6.07) is 7.66. The molecule has 28 heavy (non-hydrogen) atoms. The van der Waals surface area contributed by atoms with Crippen molar-refractivity contribution >= 4 is 11.6 Å². The van der Waals surface area contributed by atoms with E-state index >= 15 is 0 Å². The van der Waals surface area contributed by atoms with Crippen LogP contribution in [0.1, 0.15) is 52.9 Å². The zero-order valence-electron chi connectivity index (χ0n) is 17.7. The quantitative estimate of drug-likeness (QED) is 0.648. The van der Waals surface area contributed by atoms with Crippen molar-refractivity contribution < 1.29 is 14.3 Å². The lowest BCUT2D eigenvalue weighted by Gasteiger charge is -2.30. The summed E-state index contributed by atoms with van der Waals surface area (Å²) in [7, 11) is 0. The maximum Gasteiger partial charge on any atom is 0.256 e. The summed E-state index contributed by atoms with van der Waals surface area (Å²) in [6.07, 6.45) is 5.68. The van der Waals surface area contributed by atoms with Gasteiger partial charge in [-0.1, -0.05) is 13.8 Å². The number of rotatable bonds is 10. The number of hydrogen-bond acceptors (Lipinski definition) is 4. The van der Waals surface area contributed by atoms with Crippen molar-refractivity contribution in [1.82, 2.24) is 4.90 Å². The van der Waals surface area contributed by atoms with Gasteiger partial charge >= 0.3 is 0 Å². The number of hydrogen-bond donors (Lipinski definition) is 1. The Bertz CT molecular complexity index is 629. The van der Waals surface area contributed by atoms with Gasteiger partial charge in [-0.3, -0.25) is 9.69 Å². The fourth-order valence-corrected chi connectivity index (χ4v) is 3.99. The molecule has 0 unspecified atom stereocenters. The smallest absolute Gasteiger partial charge is 0.256 e. The average molecular weight is 389 g/mol. The molecule has 1 amide bonds. The number of nitrogens with one attached hydrogen (secondary N) is 1. The predicted molar refractivity (Wildman–Crippen MR) is 113 cm³/mol. The SMILES string of the molecule is CCCO[C@](C)(C(=O)Nc1ccc(OCCN2CCC[C@H](C)C2)cc1)C1CC1. The average Bonchev–Trinajstić information content (AvgIpc) is 3.53. The largest absolute Gasteiger partial charge is 0.492 e. The molecule has 3 rings (SSSR count). The molecular weight excluding hydrogens is 352 g/mol. The number of carbonyl (C=O) groups is 1. The van der Waals surface area contributed by atoms with Crippen LogP contribution in [-0.2, 0) is 9.53 Å². The van der Waals surface area contributed by atoms with E-state index in [1.807, 2.05) is 31.2 Å². The molecule has 0 bridgehead atoms. The van der Waals surface area contributed by atoms with Crippen molar-refractivity contribution in [2.45, 2.75) is 58.5 Å². The Balaban J connectivity index is 1.46. The standard InChI is InChI=1S/C23H36N2O3/c1-4-15-28-23(3,19-7-8-19)22(26)24-20-9-11-21(12-10-20)27-16-14-25-13-5-6-18(2)17-25/h9-12,18-19H,4-8,13-17H2,1-3H3,(H,24,26)/t18-,23-/m0/s1. The topological polar surface area (TPSA) is 50.8 Å². The van der Waals surface area contributed by atoms with Crippen molar-refractivity contribution in [1.29, 1.82) is 0 Å². The minimum absolute atomic E-state index is 0.0451. The number of likely N-dealkylation sites (tertiary alicyclic amines) is 1. The lowest BCUT2D eigenvalue weighted by Crippen LogP contribution is -2.45. The lowest BCUT2D eigenvalue weighted by atomic mass is 9.98. The van der Waals surface area contributed by atoms with Crippen molar-refractivity contribution in [3.63, 3.8) is 0 Å². The summed E-state index contributed by atoms with van der Waals surface area (Å²) in [5.41, 5.74) is 0.0608. The number of anilines is 1.